The molecule has 4 nitrogen and oxygen atoms in total. The zero-order chi connectivity index (χ0) is 19.9. The van der Waals surface area contributed by atoms with Crippen LogP contribution in [-0.2, 0) is 13.2 Å². The average Bonchev–Trinajstić information content (AvgIpc) is 2.72. The van der Waals surface area contributed by atoms with E-state index in [1.807, 2.05) is 19.1 Å². The quantitative estimate of drug-likeness (QED) is 0.442. The van der Waals surface area contributed by atoms with E-state index < -0.39 is 5.82 Å². The fourth-order valence-corrected chi connectivity index (χ4v) is 3.25. The fourth-order valence-electron chi connectivity index (χ4n) is 3.25. The highest BCUT2D eigenvalue weighted by Crippen LogP contribution is 2.24. The van der Waals surface area contributed by atoms with Crippen molar-refractivity contribution in [2.45, 2.75) is 33.0 Å². The maximum absolute atomic E-state index is 13.6. The molecule has 0 aliphatic rings. The highest BCUT2D eigenvalue weighted by atomic mass is 19.1. The lowest BCUT2D eigenvalue weighted by Gasteiger charge is -2.20. The fraction of sp³-hybridized carbons (Fsp3) is 0.261. The Kier molecular flexibility index (Phi) is 6.61. The number of rotatable bonds is 6. The van der Waals surface area contributed by atoms with Gasteiger partial charge < -0.3 is 15.7 Å². The molecule has 28 heavy (non-hydrogen) atoms. The normalized spacial score (nSPS) is 12.8. The third-order valence-electron chi connectivity index (χ3n) is 4.69. The van der Waals surface area contributed by atoms with Crippen LogP contribution in [0.2, 0.25) is 0 Å². The van der Waals surface area contributed by atoms with Crippen LogP contribution in [0.15, 0.2) is 65.7 Å². The second kappa shape index (κ2) is 9.33. The lowest BCUT2D eigenvalue weighted by Crippen LogP contribution is -2.38. The van der Waals surface area contributed by atoms with Crippen molar-refractivity contribution in [3.8, 4) is 0 Å². The summed E-state index contributed by atoms with van der Waals surface area (Å²) >= 11 is 0. The number of guanidine groups is 1. The van der Waals surface area contributed by atoms with Gasteiger partial charge in [-0.3, -0.25) is 0 Å². The summed E-state index contributed by atoms with van der Waals surface area (Å²) in [6.45, 7) is 4.93. The molecule has 0 fully saturated rings. The second-order valence-corrected chi connectivity index (χ2v) is 6.71. The monoisotopic (exact) mass is 379 g/mol. The zero-order valence-corrected chi connectivity index (χ0v) is 16.2. The number of fused-ring (bicyclic) bond motifs is 1. The first-order valence-electron chi connectivity index (χ1n) is 9.53. The molecule has 3 rings (SSSR count). The van der Waals surface area contributed by atoms with Gasteiger partial charge in [-0.25, -0.2) is 9.38 Å². The molecule has 0 aliphatic heterocycles. The highest BCUT2D eigenvalue weighted by Gasteiger charge is 2.11. The van der Waals surface area contributed by atoms with Crippen molar-refractivity contribution in [3.05, 3.63) is 83.2 Å². The summed E-state index contributed by atoms with van der Waals surface area (Å²) in [6, 6.07) is 19.4. The number of aliphatic hydroxyl groups excluding tert-OH is 1. The van der Waals surface area contributed by atoms with Crippen molar-refractivity contribution in [3.63, 3.8) is 0 Å². The van der Waals surface area contributed by atoms with Crippen molar-refractivity contribution in [2.75, 3.05) is 6.54 Å². The van der Waals surface area contributed by atoms with E-state index in [0.29, 0.717) is 12.5 Å². The molecule has 0 saturated heterocycles. The van der Waals surface area contributed by atoms with Crippen LogP contribution in [0, 0.1) is 5.82 Å². The first kappa shape index (κ1) is 19.8. The molecular weight excluding hydrogens is 353 g/mol. The summed E-state index contributed by atoms with van der Waals surface area (Å²) in [5, 5.41) is 18.4. The molecule has 3 aromatic rings. The molecule has 5 heteroatoms. The third kappa shape index (κ3) is 4.67. The Balaban J connectivity index is 1.79. The molecule has 0 spiro atoms. The van der Waals surface area contributed by atoms with Crippen LogP contribution >= 0.6 is 0 Å². The Bertz CT molecular complexity index is 966. The summed E-state index contributed by atoms with van der Waals surface area (Å²) in [5.41, 5.74) is 2.34. The van der Waals surface area contributed by atoms with Crippen LogP contribution in [0.25, 0.3) is 10.8 Å². The van der Waals surface area contributed by atoms with E-state index in [0.717, 1.165) is 12.1 Å². The van der Waals surface area contributed by atoms with Crippen molar-refractivity contribution >= 4 is 16.7 Å². The smallest absolute Gasteiger partial charge is 0.192 e. The number of benzene rings is 3. The van der Waals surface area contributed by atoms with Gasteiger partial charge in [0.05, 0.1) is 19.2 Å². The van der Waals surface area contributed by atoms with Gasteiger partial charge in [0.1, 0.15) is 5.82 Å². The standard InChI is InChI=1S/C23H26FN3O/c1-3-25-23(26-14-17-11-12-22(24)19(13-17)15-28)27-16(2)20-10-6-8-18-7-4-5-9-21(18)20/h4-13,16,28H,3,14-15H2,1-2H3,(H2,25,26,27). The summed E-state index contributed by atoms with van der Waals surface area (Å²) in [6.07, 6.45) is 0. The Morgan fingerprint density at radius 3 is 2.68 bits per heavy atom. The molecular formula is C23H26FN3O. The zero-order valence-electron chi connectivity index (χ0n) is 16.2. The van der Waals surface area contributed by atoms with Crippen LogP contribution < -0.4 is 10.6 Å². The Morgan fingerprint density at radius 1 is 1.11 bits per heavy atom. The Morgan fingerprint density at radius 2 is 1.89 bits per heavy atom. The molecule has 1 atom stereocenters. The van der Waals surface area contributed by atoms with E-state index in [2.05, 4.69) is 52.9 Å². The van der Waals surface area contributed by atoms with E-state index in [4.69, 9.17) is 0 Å². The van der Waals surface area contributed by atoms with Gasteiger partial charge in [-0.15, -0.1) is 0 Å². The predicted octanol–water partition coefficient (Wildman–Crippen LogP) is 4.29. The van der Waals surface area contributed by atoms with Crippen LogP contribution in [0.5, 0.6) is 0 Å². The Labute approximate surface area is 165 Å². The number of halogens is 1. The largest absolute Gasteiger partial charge is 0.392 e. The molecule has 1 unspecified atom stereocenters. The molecule has 0 aromatic heterocycles. The topological polar surface area (TPSA) is 56.7 Å². The molecule has 0 bridgehead atoms. The van der Waals surface area contributed by atoms with Gasteiger partial charge in [0.25, 0.3) is 0 Å². The van der Waals surface area contributed by atoms with Crippen molar-refractivity contribution in [2.24, 2.45) is 4.99 Å². The van der Waals surface area contributed by atoms with Crippen LogP contribution in [0.1, 0.15) is 36.6 Å². The number of hydrogen-bond acceptors (Lipinski definition) is 2. The molecule has 0 heterocycles. The Hall–Kier alpha value is -2.92. The van der Waals surface area contributed by atoms with E-state index in [1.165, 1.54) is 22.4 Å². The molecule has 0 aliphatic carbocycles. The average molecular weight is 379 g/mol. The summed E-state index contributed by atoms with van der Waals surface area (Å²) in [5.74, 6) is 0.294. The second-order valence-electron chi connectivity index (χ2n) is 6.71. The number of nitrogens with one attached hydrogen (secondary N) is 2. The first-order valence-corrected chi connectivity index (χ1v) is 9.53. The van der Waals surface area contributed by atoms with E-state index in [9.17, 15) is 9.50 Å². The van der Waals surface area contributed by atoms with Gasteiger partial charge in [0.15, 0.2) is 5.96 Å². The minimum atomic E-state index is -0.398. The van der Waals surface area contributed by atoms with Crippen molar-refractivity contribution < 1.29 is 9.50 Å². The van der Waals surface area contributed by atoms with Crippen LogP contribution in [0.3, 0.4) is 0 Å². The van der Waals surface area contributed by atoms with E-state index in [1.54, 1.807) is 12.1 Å². The third-order valence-corrected chi connectivity index (χ3v) is 4.69. The summed E-state index contributed by atoms with van der Waals surface area (Å²) in [4.78, 5) is 4.62. The van der Waals surface area contributed by atoms with Gasteiger partial charge in [-0.2, -0.15) is 0 Å². The number of aliphatic hydroxyl groups is 1. The SMILES string of the molecule is CCNC(=NCc1ccc(F)c(CO)c1)NC(C)c1cccc2ccccc12. The number of nitrogens with zero attached hydrogens (tertiary/aromatic N) is 1. The first-order chi connectivity index (χ1) is 13.6. The summed E-state index contributed by atoms with van der Waals surface area (Å²) in [7, 11) is 0. The van der Waals surface area contributed by atoms with Crippen LogP contribution in [0.4, 0.5) is 4.39 Å². The molecule has 0 radical (unpaired) electrons. The van der Waals surface area contributed by atoms with Gasteiger partial charge in [0.2, 0.25) is 0 Å². The minimum absolute atomic E-state index is 0.0603. The van der Waals surface area contributed by atoms with E-state index >= 15 is 0 Å². The molecule has 3 aromatic carbocycles. The maximum atomic E-state index is 13.6. The molecule has 0 saturated carbocycles. The van der Waals surface area contributed by atoms with E-state index in [-0.39, 0.29) is 18.2 Å². The van der Waals surface area contributed by atoms with Gasteiger partial charge >= 0.3 is 0 Å². The molecule has 146 valence electrons. The number of aliphatic imine (C=N–C) groups is 1. The van der Waals surface area contributed by atoms with Crippen LogP contribution in [-0.4, -0.2) is 17.6 Å². The lowest BCUT2D eigenvalue weighted by molar-refractivity contribution is 0.275. The van der Waals surface area contributed by atoms with Crippen molar-refractivity contribution in [1.82, 2.24) is 10.6 Å². The predicted molar refractivity (Wildman–Crippen MR) is 113 cm³/mol. The van der Waals surface area contributed by atoms with Gasteiger partial charge in [-0.1, -0.05) is 48.5 Å². The maximum Gasteiger partial charge on any atom is 0.192 e. The number of hydrogen-bond donors (Lipinski definition) is 3. The molecule has 3 N–H and O–H groups in total. The lowest BCUT2D eigenvalue weighted by atomic mass is 10.00. The minimum Gasteiger partial charge on any atom is -0.392 e. The van der Waals surface area contributed by atoms with Gasteiger partial charge in [-0.05, 0) is 47.9 Å². The highest BCUT2D eigenvalue weighted by molar-refractivity contribution is 5.87. The van der Waals surface area contributed by atoms with Gasteiger partial charge in [0, 0.05) is 12.1 Å². The molecule has 0 amide bonds. The van der Waals surface area contributed by atoms with Crippen molar-refractivity contribution in [1.29, 1.82) is 0 Å². The summed E-state index contributed by atoms with van der Waals surface area (Å²) < 4.78 is 13.6.